The number of nitrogens with one attached hydrogen (secondary N) is 3. The molecule has 0 radical (unpaired) electrons. The van der Waals surface area contributed by atoms with E-state index in [9.17, 15) is 13.6 Å². The first-order valence-corrected chi connectivity index (χ1v) is 13.7. The van der Waals surface area contributed by atoms with Gasteiger partial charge in [0.25, 0.3) is 0 Å². The molecule has 0 bridgehead atoms. The molecule has 1 aliphatic rings. The third-order valence-corrected chi connectivity index (χ3v) is 6.90. The van der Waals surface area contributed by atoms with Gasteiger partial charge in [0, 0.05) is 35.9 Å². The molecule has 1 unspecified atom stereocenters. The molecule has 1 saturated heterocycles. The largest absolute Gasteiger partial charge is 0.497 e. The molecule has 2 aromatic carbocycles. The van der Waals surface area contributed by atoms with Gasteiger partial charge in [0.15, 0.2) is 0 Å². The van der Waals surface area contributed by atoms with Crippen LogP contribution in [-0.2, 0) is 9.53 Å². The number of rotatable bonds is 12. The summed E-state index contributed by atoms with van der Waals surface area (Å²) in [4.78, 5) is 23.2. The Kier molecular flexibility index (Phi) is 9.94. The number of carbonyl (C=O) groups excluding carboxylic acids is 1. The van der Waals surface area contributed by atoms with E-state index in [1.165, 1.54) is 23.9 Å². The van der Waals surface area contributed by atoms with Crippen LogP contribution in [0.1, 0.15) is 33.1 Å². The summed E-state index contributed by atoms with van der Waals surface area (Å²) in [6.45, 7) is 5.22. The number of methoxy groups -OCH3 is 1. The van der Waals surface area contributed by atoms with Crippen LogP contribution in [0.5, 0.6) is 5.75 Å². The van der Waals surface area contributed by atoms with E-state index in [1.54, 1.807) is 13.2 Å². The van der Waals surface area contributed by atoms with Crippen LogP contribution < -0.4 is 20.7 Å². The summed E-state index contributed by atoms with van der Waals surface area (Å²) in [5, 5.41) is 9.69. The molecular weight excluding hydrogens is 524 g/mol. The maximum atomic E-state index is 13.8. The minimum absolute atomic E-state index is 0.0246. The first-order valence-electron chi connectivity index (χ1n) is 12.9. The number of aromatic nitrogens is 2. The molecule has 0 spiro atoms. The van der Waals surface area contributed by atoms with Crippen LogP contribution in [0.2, 0.25) is 0 Å². The molecule has 1 aliphatic heterocycles. The van der Waals surface area contributed by atoms with Gasteiger partial charge >= 0.3 is 0 Å². The number of hydrogen-bond acceptors (Lipinski definition) is 8. The summed E-state index contributed by atoms with van der Waals surface area (Å²) in [5.41, 5.74) is 0.200. The second-order valence-electron chi connectivity index (χ2n) is 9.68. The third-order valence-electron chi connectivity index (χ3n) is 5.97. The van der Waals surface area contributed by atoms with E-state index in [0.717, 1.165) is 29.6 Å². The number of halogens is 2. The van der Waals surface area contributed by atoms with Gasteiger partial charge in [-0.1, -0.05) is 25.6 Å². The number of anilines is 3. The van der Waals surface area contributed by atoms with E-state index >= 15 is 0 Å². The number of carbonyl (C=O) groups is 1. The molecule has 1 amide bonds. The molecule has 4 rings (SSSR count). The summed E-state index contributed by atoms with van der Waals surface area (Å²) >= 11 is 1.38. The maximum absolute atomic E-state index is 13.8. The Balaban J connectivity index is 1.58. The zero-order valence-electron chi connectivity index (χ0n) is 22.2. The fraction of sp³-hybridized carbons (Fsp3) is 0.393. The SMILES string of the molecule is COc1ccc(Sc2cc(Nc3cc(F)cc(F)c3)nc(N[C@@H](CC(C)C)C(=O)NCC3CCCO3)n2)cc1. The van der Waals surface area contributed by atoms with Crippen LogP contribution in [0, 0.1) is 17.6 Å². The summed E-state index contributed by atoms with van der Waals surface area (Å²) in [5.74, 6) is -0.110. The highest BCUT2D eigenvalue weighted by Gasteiger charge is 2.24. The molecule has 2 atom stereocenters. The highest BCUT2D eigenvalue weighted by Crippen LogP contribution is 2.31. The van der Waals surface area contributed by atoms with Gasteiger partial charge in [-0.2, -0.15) is 4.98 Å². The number of ether oxygens (including phenoxy) is 2. The van der Waals surface area contributed by atoms with Crippen molar-refractivity contribution in [2.45, 2.75) is 55.2 Å². The summed E-state index contributed by atoms with van der Waals surface area (Å²) in [7, 11) is 1.60. The van der Waals surface area contributed by atoms with Gasteiger partial charge < -0.3 is 25.4 Å². The predicted octanol–water partition coefficient (Wildman–Crippen LogP) is 5.78. The lowest BCUT2D eigenvalue weighted by atomic mass is 10.0. The lowest BCUT2D eigenvalue weighted by Gasteiger charge is -2.22. The fourth-order valence-electron chi connectivity index (χ4n) is 4.15. The summed E-state index contributed by atoms with van der Waals surface area (Å²) in [6.07, 6.45) is 2.49. The van der Waals surface area contributed by atoms with Crippen LogP contribution in [0.25, 0.3) is 0 Å². The van der Waals surface area contributed by atoms with Crippen molar-refractivity contribution < 1.29 is 23.0 Å². The van der Waals surface area contributed by atoms with Crippen LogP contribution in [0.3, 0.4) is 0 Å². The Hall–Kier alpha value is -3.44. The molecule has 3 N–H and O–H groups in total. The highest BCUT2D eigenvalue weighted by molar-refractivity contribution is 7.99. The Morgan fingerprint density at radius 1 is 1.13 bits per heavy atom. The average Bonchev–Trinajstić information content (AvgIpc) is 3.40. The summed E-state index contributed by atoms with van der Waals surface area (Å²) in [6, 6.07) is 11.7. The smallest absolute Gasteiger partial charge is 0.242 e. The molecule has 2 heterocycles. The van der Waals surface area contributed by atoms with Crippen LogP contribution in [0.4, 0.5) is 26.2 Å². The van der Waals surface area contributed by atoms with Gasteiger partial charge in [-0.05, 0) is 61.6 Å². The molecule has 39 heavy (non-hydrogen) atoms. The number of benzene rings is 2. The van der Waals surface area contributed by atoms with Crippen molar-refractivity contribution in [3.63, 3.8) is 0 Å². The van der Waals surface area contributed by atoms with Crippen molar-refractivity contribution in [3.05, 3.63) is 60.2 Å². The van der Waals surface area contributed by atoms with Gasteiger partial charge in [0.1, 0.15) is 34.3 Å². The van der Waals surface area contributed by atoms with E-state index in [4.69, 9.17) is 9.47 Å². The van der Waals surface area contributed by atoms with Crippen molar-refractivity contribution >= 4 is 35.1 Å². The highest BCUT2D eigenvalue weighted by atomic mass is 32.2. The molecule has 8 nitrogen and oxygen atoms in total. The summed E-state index contributed by atoms with van der Waals surface area (Å²) < 4.78 is 38.5. The zero-order chi connectivity index (χ0) is 27.8. The second-order valence-corrected chi connectivity index (χ2v) is 10.8. The predicted molar refractivity (Wildman–Crippen MR) is 148 cm³/mol. The van der Waals surface area contributed by atoms with Gasteiger partial charge in [-0.15, -0.1) is 0 Å². The van der Waals surface area contributed by atoms with Crippen LogP contribution in [-0.4, -0.2) is 48.3 Å². The first-order chi connectivity index (χ1) is 18.8. The third kappa shape index (κ3) is 8.79. The Bertz CT molecular complexity index is 1240. The van der Waals surface area contributed by atoms with Crippen LogP contribution in [0.15, 0.2) is 58.5 Å². The van der Waals surface area contributed by atoms with Crippen molar-refractivity contribution in [2.75, 3.05) is 30.9 Å². The lowest BCUT2D eigenvalue weighted by molar-refractivity contribution is -0.122. The van der Waals surface area contributed by atoms with Gasteiger partial charge in [-0.25, -0.2) is 13.8 Å². The van der Waals surface area contributed by atoms with Crippen LogP contribution >= 0.6 is 11.8 Å². The number of nitrogens with zero attached hydrogens (tertiary/aromatic N) is 2. The van der Waals surface area contributed by atoms with E-state index in [1.807, 2.05) is 38.1 Å². The second kappa shape index (κ2) is 13.6. The maximum Gasteiger partial charge on any atom is 0.242 e. The van der Waals surface area contributed by atoms with Gasteiger partial charge in [0.05, 0.1) is 13.2 Å². The average molecular weight is 558 g/mol. The Labute approximate surface area is 231 Å². The van der Waals surface area contributed by atoms with Gasteiger partial charge in [-0.3, -0.25) is 4.79 Å². The normalized spacial score (nSPS) is 15.7. The molecule has 0 aliphatic carbocycles. The van der Waals surface area contributed by atoms with Crippen molar-refractivity contribution in [1.82, 2.24) is 15.3 Å². The minimum atomic E-state index is -0.711. The minimum Gasteiger partial charge on any atom is -0.497 e. The van der Waals surface area contributed by atoms with Crippen molar-refractivity contribution in [1.29, 1.82) is 0 Å². The lowest BCUT2D eigenvalue weighted by Crippen LogP contribution is -2.43. The molecule has 208 valence electrons. The van der Waals surface area contributed by atoms with E-state index in [0.29, 0.717) is 30.4 Å². The Morgan fingerprint density at radius 2 is 1.87 bits per heavy atom. The van der Waals surface area contributed by atoms with Gasteiger partial charge in [0.2, 0.25) is 11.9 Å². The Morgan fingerprint density at radius 3 is 2.51 bits per heavy atom. The first kappa shape index (κ1) is 28.6. The van der Waals surface area contributed by atoms with Crippen molar-refractivity contribution in [3.8, 4) is 5.75 Å². The van der Waals surface area contributed by atoms with Crippen molar-refractivity contribution in [2.24, 2.45) is 5.92 Å². The quantitative estimate of drug-likeness (QED) is 0.241. The number of amides is 1. The standard InChI is InChI=1S/C28H33F2N5O3S/c1-17(2)11-24(27(36)31-16-22-5-4-10-38-22)33-28-34-25(32-20-13-18(29)12-19(30)14-20)15-26(35-28)39-23-8-6-21(37-3)7-9-23/h6-9,12-15,17,22,24H,4-5,10-11,16H2,1-3H3,(H,31,36)(H2,32,33,34,35)/t22?,24-/m0/s1. The molecule has 1 aromatic heterocycles. The topological polar surface area (TPSA) is 97.4 Å². The number of hydrogen-bond donors (Lipinski definition) is 3. The molecule has 1 fully saturated rings. The molecule has 3 aromatic rings. The fourth-order valence-corrected chi connectivity index (χ4v) is 4.96. The molecule has 11 heteroatoms. The van der Waals surface area contributed by atoms with E-state index < -0.39 is 17.7 Å². The molecular formula is C28H33F2N5O3S. The monoisotopic (exact) mass is 557 g/mol. The van der Waals surface area contributed by atoms with E-state index in [2.05, 4.69) is 25.9 Å². The van der Waals surface area contributed by atoms with E-state index in [-0.39, 0.29) is 29.6 Å². The zero-order valence-corrected chi connectivity index (χ0v) is 23.0. The molecule has 0 saturated carbocycles.